The van der Waals surface area contributed by atoms with Crippen LogP contribution in [0.25, 0.3) is 10.9 Å². The van der Waals surface area contributed by atoms with Crippen LogP contribution >= 0.6 is 11.3 Å². The van der Waals surface area contributed by atoms with E-state index in [0.717, 1.165) is 28.6 Å². The highest BCUT2D eigenvalue weighted by molar-refractivity contribution is 7.09. The molecule has 40 heavy (non-hydrogen) atoms. The highest BCUT2D eigenvalue weighted by atomic mass is 32.1. The molecule has 3 amide bonds. The first-order chi connectivity index (χ1) is 19.2. The third-order valence-electron chi connectivity index (χ3n) is 7.57. The summed E-state index contributed by atoms with van der Waals surface area (Å²) in [6, 6.07) is 14.5. The molecule has 0 radical (unpaired) electrons. The lowest BCUT2D eigenvalue weighted by molar-refractivity contribution is -0.118. The summed E-state index contributed by atoms with van der Waals surface area (Å²) in [4.78, 5) is 38.6. The number of urea groups is 1. The van der Waals surface area contributed by atoms with Crippen LogP contribution in [-0.4, -0.2) is 70.0 Å². The topological polar surface area (TPSA) is 114 Å². The molecule has 1 aliphatic heterocycles. The summed E-state index contributed by atoms with van der Waals surface area (Å²) in [6.45, 7) is 3.44. The van der Waals surface area contributed by atoms with Gasteiger partial charge in [0.25, 0.3) is 0 Å². The van der Waals surface area contributed by atoms with Gasteiger partial charge in [-0.2, -0.15) is 0 Å². The molecule has 0 spiro atoms. The monoisotopic (exact) mass is 560 g/mol. The predicted octanol–water partition coefficient (Wildman–Crippen LogP) is 4.49. The fourth-order valence-electron chi connectivity index (χ4n) is 5.37. The number of hydrogen-bond donors (Lipinski definition) is 4. The average Bonchev–Trinajstić information content (AvgIpc) is 3.63. The number of para-hydroxylation sites is 1. The molecule has 9 nitrogen and oxygen atoms in total. The van der Waals surface area contributed by atoms with Crippen LogP contribution in [0.1, 0.15) is 41.8 Å². The van der Waals surface area contributed by atoms with E-state index in [1.165, 1.54) is 11.3 Å². The number of piperidine rings is 1. The molecule has 1 saturated heterocycles. The van der Waals surface area contributed by atoms with Crippen LogP contribution < -0.4 is 10.6 Å². The number of benzene rings is 2. The second kappa shape index (κ2) is 11.8. The van der Waals surface area contributed by atoms with E-state index in [1.54, 1.807) is 11.1 Å². The lowest BCUT2D eigenvalue weighted by Crippen LogP contribution is -2.54. The maximum absolute atomic E-state index is 13.8. The normalized spacial score (nSPS) is 16.6. The van der Waals surface area contributed by atoms with Gasteiger partial charge in [-0.3, -0.25) is 4.79 Å². The minimum absolute atomic E-state index is 0.288. The number of fused-ring (bicyclic) bond motifs is 1. The van der Waals surface area contributed by atoms with Crippen molar-refractivity contribution in [2.75, 3.05) is 32.5 Å². The smallest absolute Gasteiger partial charge is 0.318 e. The number of aromatic nitrogens is 2. The Hall–Kier alpha value is -3.73. The molecule has 0 aliphatic carbocycles. The van der Waals surface area contributed by atoms with E-state index >= 15 is 0 Å². The number of nitrogens with one attached hydrogen (secondary N) is 3. The number of aliphatic hydroxyl groups is 1. The van der Waals surface area contributed by atoms with E-state index in [0.29, 0.717) is 36.6 Å². The van der Waals surface area contributed by atoms with Crippen molar-refractivity contribution in [3.63, 3.8) is 0 Å². The summed E-state index contributed by atoms with van der Waals surface area (Å²) in [5, 5.41) is 20.7. The zero-order valence-corrected chi connectivity index (χ0v) is 23.9. The number of amides is 3. The van der Waals surface area contributed by atoms with Crippen LogP contribution in [-0.2, 0) is 16.9 Å². The van der Waals surface area contributed by atoms with Crippen LogP contribution in [0.2, 0.25) is 0 Å². The zero-order valence-electron chi connectivity index (χ0n) is 23.1. The third-order valence-corrected chi connectivity index (χ3v) is 8.54. The van der Waals surface area contributed by atoms with Gasteiger partial charge in [-0.15, -0.1) is 11.3 Å². The van der Waals surface area contributed by atoms with Crippen LogP contribution in [0.5, 0.6) is 0 Å². The fraction of sp³-hybridized carbons (Fsp3) is 0.367. The summed E-state index contributed by atoms with van der Waals surface area (Å²) in [5.41, 5.74) is 2.66. The molecule has 5 rings (SSSR count). The van der Waals surface area contributed by atoms with E-state index in [9.17, 15) is 14.7 Å². The Morgan fingerprint density at radius 2 is 1.95 bits per heavy atom. The van der Waals surface area contributed by atoms with Crippen molar-refractivity contribution in [3.8, 4) is 0 Å². The molecule has 10 heteroatoms. The second-order valence-electron chi connectivity index (χ2n) is 10.8. The molecule has 0 saturated carbocycles. The van der Waals surface area contributed by atoms with Crippen LogP contribution in [0.3, 0.4) is 0 Å². The van der Waals surface area contributed by atoms with Crippen LogP contribution in [0.15, 0.2) is 66.3 Å². The van der Waals surface area contributed by atoms with Crippen molar-refractivity contribution in [2.24, 2.45) is 0 Å². The molecule has 1 aliphatic rings. The van der Waals surface area contributed by atoms with Gasteiger partial charge in [-0.25, -0.2) is 9.78 Å². The Balaban J connectivity index is 1.35. The molecular formula is C30H36N6O3S. The Kier molecular flexibility index (Phi) is 8.20. The molecule has 1 fully saturated rings. The molecule has 2 unspecified atom stereocenters. The summed E-state index contributed by atoms with van der Waals surface area (Å²) < 4.78 is 0. The number of H-pyrrole nitrogens is 1. The van der Waals surface area contributed by atoms with E-state index < -0.39 is 11.6 Å². The molecule has 2 aromatic heterocycles. The van der Waals surface area contributed by atoms with Gasteiger partial charge >= 0.3 is 6.03 Å². The van der Waals surface area contributed by atoms with Gasteiger partial charge in [0.2, 0.25) is 5.91 Å². The summed E-state index contributed by atoms with van der Waals surface area (Å²) in [7, 11) is 4.00. The maximum atomic E-state index is 13.8. The fourth-order valence-corrected chi connectivity index (χ4v) is 6.17. The Morgan fingerprint density at radius 3 is 2.67 bits per heavy atom. The van der Waals surface area contributed by atoms with Crippen molar-refractivity contribution in [1.29, 1.82) is 0 Å². The Labute approximate surface area is 238 Å². The van der Waals surface area contributed by atoms with Gasteiger partial charge < -0.3 is 30.5 Å². The number of anilines is 1. The lowest BCUT2D eigenvalue weighted by atomic mass is 9.91. The first kappa shape index (κ1) is 27.8. The first-order valence-corrected chi connectivity index (χ1v) is 14.4. The molecule has 4 aromatic rings. The number of rotatable bonds is 8. The number of likely N-dealkylation sites (tertiary alicyclic amines) is 1. The molecule has 210 valence electrons. The van der Waals surface area contributed by atoms with Crippen molar-refractivity contribution in [3.05, 3.63) is 82.4 Å². The number of hydrogen-bond acceptors (Lipinski definition) is 6. The average molecular weight is 561 g/mol. The van der Waals surface area contributed by atoms with Gasteiger partial charge in [0.15, 0.2) is 0 Å². The largest absolute Gasteiger partial charge is 0.383 e. The number of nitrogens with zero attached hydrogens (tertiary/aromatic N) is 3. The van der Waals surface area contributed by atoms with E-state index in [4.69, 9.17) is 0 Å². The summed E-state index contributed by atoms with van der Waals surface area (Å²) in [5.74, 6) is -0.605. The minimum atomic E-state index is -1.03. The van der Waals surface area contributed by atoms with Crippen LogP contribution in [0.4, 0.5) is 10.5 Å². The Bertz CT molecular complexity index is 1460. The van der Waals surface area contributed by atoms with E-state index in [1.807, 2.05) is 81.1 Å². The summed E-state index contributed by atoms with van der Waals surface area (Å²) >= 11 is 1.42. The second-order valence-corrected chi connectivity index (χ2v) is 11.7. The quantitative estimate of drug-likeness (QED) is 0.254. The highest BCUT2D eigenvalue weighted by Crippen LogP contribution is 2.34. The summed E-state index contributed by atoms with van der Waals surface area (Å²) in [6.07, 6.45) is 4.38. The van der Waals surface area contributed by atoms with Crippen molar-refractivity contribution in [1.82, 2.24) is 25.1 Å². The van der Waals surface area contributed by atoms with Crippen molar-refractivity contribution < 1.29 is 14.7 Å². The van der Waals surface area contributed by atoms with Gasteiger partial charge in [-0.05, 0) is 43.4 Å². The number of aromatic amines is 1. The molecule has 4 N–H and O–H groups in total. The Morgan fingerprint density at radius 1 is 1.18 bits per heavy atom. The zero-order chi connectivity index (χ0) is 28.3. The van der Waals surface area contributed by atoms with Gasteiger partial charge in [-0.1, -0.05) is 37.3 Å². The molecule has 0 bridgehead atoms. The van der Waals surface area contributed by atoms with E-state index in [2.05, 4.69) is 25.5 Å². The van der Waals surface area contributed by atoms with Crippen molar-refractivity contribution in [2.45, 2.75) is 43.9 Å². The SMILES string of the molecule is CC(c1c[nH]c2ccccc12)C(NC(=O)N1CCC(O)(c2nccs2)CC1)C(=O)Nc1cccc(CN(C)C)c1. The van der Waals surface area contributed by atoms with Gasteiger partial charge in [0.05, 0.1) is 0 Å². The third kappa shape index (κ3) is 6.04. The maximum Gasteiger partial charge on any atom is 0.318 e. The number of carbonyl (C=O) groups excluding carboxylic acids is 2. The number of carbonyl (C=O) groups is 2. The molecular weight excluding hydrogens is 524 g/mol. The van der Waals surface area contributed by atoms with Gasteiger partial charge in [0.1, 0.15) is 16.7 Å². The predicted molar refractivity (Wildman–Crippen MR) is 158 cm³/mol. The van der Waals surface area contributed by atoms with Crippen molar-refractivity contribution >= 4 is 39.9 Å². The molecule has 2 atom stereocenters. The van der Waals surface area contributed by atoms with Crippen LogP contribution in [0, 0.1) is 0 Å². The first-order valence-electron chi connectivity index (χ1n) is 13.5. The van der Waals surface area contributed by atoms with E-state index in [-0.39, 0.29) is 17.9 Å². The standard InChI is InChI=1S/C30H36N6O3S/c1-20(24-18-32-25-10-5-4-9-23(24)25)26(27(37)33-22-8-6-7-21(17-22)19-35(2)3)34-29(38)36-14-11-30(39,12-15-36)28-31-13-16-40-28/h4-10,13,16-18,20,26,32,39H,11-12,14-15,19H2,1-3H3,(H,33,37)(H,34,38). The number of thiazole rings is 1. The molecule has 3 heterocycles. The lowest BCUT2D eigenvalue weighted by Gasteiger charge is -2.37. The molecule has 2 aromatic carbocycles. The highest BCUT2D eigenvalue weighted by Gasteiger charge is 2.39. The van der Waals surface area contributed by atoms with Gasteiger partial charge in [0, 0.05) is 72.8 Å². The minimum Gasteiger partial charge on any atom is -0.383 e.